The van der Waals surface area contributed by atoms with E-state index in [2.05, 4.69) is 0 Å². The fraction of sp³-hybridized carbons (Fsp3) is 0.727. The Morgan fingerprint density at radius 2 is 1.81 bits per heavy atom. The van der Waals surface area contributed by atoms with Crippen LogP contribution in [0.25, 0.3) is 0 Å². The van der Waals surface area contributed by atoms with Crippen molar-refractivity contribution in [2.24, 2.45) is 5.92 Å². The second kappa shape index (κ2) is 4.55. The average Bonchev–Trinajstić information content (AvgIpc) is 2.14. The van der Waals surface area contributed by atoms with Crippen molar-refractivity contribution in [3.05, 3.63) is 12.2 Å². The van der Waals surface area contributed by atoms with Crippen molar-refractivity contribution in [2.75, 3.05) is 0 Å². The van der Waals surface area contributed by atoms with Gasteiger partial charge in [-0.1, -0.05) is 6.08 Å². The van der Waals surface area contributed by atoms with Gasteiger partial charge in [-0.05, 0) is 24.8 Å². The van der Waals surface area contributed by atoms with E-state index < -0.39 is 17.6 Å². The normalized spacial score (nSPS) is 22.6. The Morgan fingerprint density at radius 1 is 1.31 bits per heavy atom. The average molecular weight is 238 g/mol. The molecule has 0 atom stereocenters. The zero-order chi connectivity index (χ0) is 12.4. The van der Waals surface area contributed by atoms with Crippen molar-refractivity contribution < 1.29 is 22.4 Å². The summed E-state index contributed by atoms with van der Waals surface area (Å²) in [7, 11) is 0. The zero-order valence-electron chi connectivity index (χ0n) is 8.98. The second-order valence-corrected chi connectivity index (χ2v) is 4.31. The van der Waals surface area contributed by atoms with Gasteiger partial charge in [-0.15, -0.1) is 0 Å². The van der Waals surface area contributed by atoms with Crippen molar-refractivity contribution in [3.63, 3.8) is 0 Å². The van der Waals surface area contributed by atoms with E-state index in [0.29, 0.717) is 6.92 Å². The monoisotopic (exact) mass is 238 g/mol. The van der Waals surface area contributed by atoms with Gasteiger partial charge in [0.15, 0.2) is 0 Å². The van der Waals surface area contributed by atoms with Crippen LogP contribution < -0.4 is 0 Å². The van der Waals surface area contributed by atoms with E-state index in [1.807, 2.05) is 0 Å². The third kappa shape index (κ3) is 3.94. The smallest absolute Gasteiger partial charge is 0.288 e. The van der Waals surface area contributed by atoms with Crippen LogP contribution in [0.1, 0.15) is 32.6 Å². The van der Waals surface area contributed by atoms with E-state index in [9.17, 15) is 22.4 Å². The van der Waals surface area contributed by atoms with Gasteiger partial charge in [0.1, 0.15) is 0 Å². The molecule has 1 aliphatic rings. The molecule has 0 aliphatic heterocycles. The van der Waals surface area contributed by atoms with Gasteiger partial charge in [0.05, 0.1) is 0 Å². The maximum atomic E-state index is 12.8. The summed E-state index contributed by atoms with van der Waals surface area (Å²) in [5.41, 5.74) is 0. The number of ketones is 1. The van der Waals surface area contributed by atoms with Crippen LogP contribution in [0.2, 0.25) is 0 Å². The summed E-state index contributed by atoms with van der Waals surface area (Å²) in [6, 6.07) is 0. The molecule has 0 aromatic carbocycles. The lowest BCUT2D eigenvalue weighted by molar-refractivity contribution is -0.135. The molecule has 0 aromatic heterocycles. The molecule has 0 radical (unpaired) electrons. The minimum absolute atomic E-state index is 0.189. The highest BCUT2D eigenvalue weighted by Crippen LogP contribution is 2.36. The first kappa shape index (κ1) is 13.2. The van der Waals surface area contributed by atoms with Gasteiger partial charge in [0, 0.05) is 19.8 Å². The van der Waals surface area contributed by atoms with Gasteiger partial charge in [0.25, 0.3) is 0 Å². The van der Waals surface area contributed by atoms with E-state index in [-0.39, 0.29) is 31.6 Å². The maximum Gasteiger partial charge on any atom is 0.306 e. The Bertz CT molecular complexity index is 281. The predicted molar refractivity (Wildman–Crippen MR) is 51.7 cm³/mol. The number of hydrogen-bond donors (Lipinski definition) is 0. The van der Waals surface area contributed by atoms with Gasteiger partial charge in [-0.2, -0.15) is 8.78 Å². The number of allylic oxidation sites excluding steroid dienone is 2. The molecule has 5 heteroatoms. The summed E-state index contributed by atoms with van der Waals surface area (Å²) in [6.07, 6.45) is 2.15. The molecule has 0 aromatic rings. The predicted octanol–water partition coefficient (Wildman–Crippen LogP) is 3.59. The molecule has 0 amide bonds. The van der Waals surface area contributed by atoms with Crippen LogP contribution >= 0.6 is 0 Å². The van der Waals surface area contributed by atoms with Crippen LogP contribution in [0.15, 0.2) is 12.2 Å². The third-order valence-electron chi connectivity index (χ3n) is 2.71. The molecular weight excluding hydrogens is 224 g/mol. The molecule has 1 fully saturated rings. The summed E-state index contributed by atoms with van der Waals surface area (Å²) in [5.74, 6) is -7.48. The summed E-state index contributed by atoms with van der Waals surface area (Å²) in [4.78, 5) is 10.8. The Kier molecular flexibility index (Phi) is 3.76. The fourth-order valence-electron chi connectivity index (χ4n) is 1.62. The quantitative estimate of drug-likeness (QED) is 0.542. The minimum atomic E-state index is -3.38. The van der Waals surface area contributed by atoms with Crippen LogP contribution in [0.5, 0.6) is 0 Å². The van der Waals surface area contributed by atoms with E-state index in [0.717, 1.165) is 6.08 Å². The lowest BCUT2D eigenvalue weighted by Gasteiger charge is -2.26. The standard InChI is InChI=1S/C11H14F4O/c1-10(12,13)9(16)3-2-8-4-6-11(14,15)7-5-8/h2-3,8H,4-7H2,1H3/b3-2+. The lowest BCUT2D eigenvalue weighted by atomic mass is 9.86. The first-order valence-corrected chi connectivity index (χ1v) is 5.19. The van der Waals surface area contributed by atoms with Crippen LogP contribution in [0.3, 0.4) is 0 Å². The van der Waals surface area contributed by atoms with Gasteiger partial charge in [-0.25, -0.2) is 8.78 Å². The van der Waals surface area contributed by atoms with E-state index in [4.69, 9.17) is 0 Å². The Labute approximate surface area is 91.5 Å². The van der Waals surface area contributed by atoms with Crippen molar-refractivity contribution in [1.29, 1.82) is 0 Å². The second-order valence-electron chi connectivity index (χ2n) is 4.31. The Balaban J connectivity index is 2.45. The number of halogens is 4. The third-order valence-corrected chi connectivity index (χ3v) is 2.71. The van der Waals surface area contributed by atoms with Crippen molar-refractivity contribution >= 4 is 5.78 Å². The van der Waals surface area contributed by atoms with E-state index >= 15 is 0 Å². The Morgan fingerprint density at radius 3 is 2.25 bits per heavy atom. The summed E-state index contributed by atoms with van der Waals surface area (Å²) in [5, 5.41) is 0. The molecule has 0 N–H and O–H groups in total. The molecule has 0 spiro atoms. The fourth-order valence-corrected chi connectivity index (χ4v) is 1.62. The summed E-state index contributed by atoms with van der Waals surface area (Å²) in [6.45, 7) is 0.523. The van der Waals surface area contributed by atoms with E-state index in [1.165, 1.54) is 6.08 Å². The number of carbonyl (C=O) groups excluding carboxylic acids is 1. The molecule has 0 heterocycles. The van der Waals surface area contributed by atoms with Crippen LogP contribution in [-0.2, 0) is 4.79 Å². The summed E-state index contributed by atoms with van der Waals surface area (Å²) >= 11 is 0. The molecule has 1 rings (SSSR count). The molecule has 1 nitrogen and oxygen atoms in total. The topological polar surface area (TPSA) is 17.1 Å². The minimum Gasteiger partial charge on any atom is -0.288 e. The van der Waals surface area contributed by atoms with Crippen LogP contribution in [0, 0.1) is 5.92 Å². The van der Waals surface area contributed by atoms with E-state index in [1.54, 1.807) is 0 Å². The molecule has 92 valence electrons. The first-order chi connectivity index (χ1) is 7.21. The number of carbonyl (C=O) groups is 1. The first-order valence-electron chi connectivity index (χ1n) is 5.19. The van der Waals surface area contributed by atoms with Gasteiger partial charge in [-0.3, -0.25) is 4.79 Å². The summed E-state index contributed by atoms with van der Waals surface area (Å²) < 4.78 is 50.5. The molecule has 0 bridgehead atoms. The number of rotatable bonds is 3. The SMILES string of the molecule is CC(F)(F)C(=O)/C=C/C1CCC(F)(F)CC1. The highest BCUT2D eigenvalue weighted by Gasteiger charge is 2.34. The molecule has 1 saturated carbocycles. The largest absolute Gasteiger partial charge is 0.306 e. The van der Waals surface area contributed by atoms with Crippen molar-refractivity contribution in [1.82, 2.24) is 0 Å². The van der Waals surface area contributed by atoms with Crippen molar-refractivity contribution in [2.45, 2.75) is 44.5 Å². The van der Waals surface area contributed by atoms with Crippen LogP contribution in [-0.4, -0.2) is 17.6 Å². The molecular formula is C11H14F4O. The molecule has 1 aliphatic carbocycles. The van der Waals surface area contributed by atoms with Gasteiger partial charge in [0.2, 0.25) is 11.7 Å². The molecule has 16 heavy (non-hydrogen) atoms. The van der Waals surface area contributed by atoms with Crippen molar-refractivity contribution in [3.8, 4) is 0 Å². The van der Waals surface area contributed by atoms with Gasteiger partial charge >= 0.3 is 5.92 Å². The highest BCUT2D eigenvalue weighted by atomic mass is 19.3. The highest BCUT2D eigenvalue weighted by molar-refractivity contribution is 5.95. The molecule has 0 saturated heterocycles. The van der Waals surface area contributed by atoms with Crippen LogP contribution in [0.4, 0.5) is 17.6 Å². The van der Waals surface area contributed by atoms with Gasteiger partial charge < -0.3 is 0 Å². The number of alkyl halides is 4. The number of hydrogen-bond acceptors (Lipinski definition) is 1. The molecule has 0 unspecified atom stereocenters. The lowest BCUT2D eigenvalue weighted by Crippen LogP contribution is -2.25. The maximum absolute atomic E-state index is 12.8. The zero-order valence-corrected chi connectivity index (χ0v) is 8.98. The Hall–Kier alpha value is -0.870.